The van der Waals surface area contributed by atoms with Crippen LogP contribution < -0.4 is 9.46 Å². The van der Waals surface area contributed by atoms with E-state index in [1.54, 1.807) is 19.2 Å². The van der Waals surface area contributed by atoms with E-state index >= 15 is 0 Å². The summed E-state index contributed by atoms with van der Waals surface area (Å²) in [6, 6.07) is 5.30. The van der Waals surface area contributed by atoms with Crippen molar-refractivity contribution < 1.29 is 13.2 Å². The van der Waals surface area contributed by atoms with Crippen LogP contribution in [0.2, 0.25) is 0 Å². The Morgan fingerprint density at radius 3 is 2.50 bits per heavy atom. The third-order valence-electron chi connectivity index (χ3n) is 4.14. The summed E-state index contributed by atoms with van der Waals surface area (Å²) in [6.07, 6.45) is 10.4. The van der Waals surface area contributed by atoms with Crippen LogP contribution >= 0.6 is 0 Å². The molecule has 0 atom stereocenters. The number of methoxy groups -OCH3 is 1. The average molecular weight is 323 g/mol. The fourth-order valence-electron chi connectivity index (χ4n) is 2.86. The molecule has 0 aliphatic heterocycles. The maximum absolute atomic E-state index is 11.3. The molecule has 0 unspecified atom stereocenters. The highest BCUT2D eigenvalue weighted by atomic mass is 32.2. The number of rotatable bonds is 5. The van der Waals surface area contributed by atoms with Gasteiger partial charge in [-0.25, -0.2) is 8.42 Å². The van der Waals surface area contributed by atoms with Crippen LogP contribution in [0, 0.1) is 11.8 Å². The fraction of sp³-hybridized carbons (Fsp3) is 0.529. The van der Waals surface area contributed by atoms with E-state index in [0.29, 0.717) is 11.6 Å². The zero-order valence-electron chi connectivity index (χ0n) is 13.5. The Labute approximate surface area is 133 Å². The fourth-order valence-corrected chi connectivity index (χ4v) is 3.42. The zero-order valence-corrected chi connectivity index (χ0v) is 14.3. The number of benzene rings is 1. The summed E-state index contributed by atoms with van der Waals surface area (Å²) in [5, 5.41) is 0. The Morgan fingerprint density at radius 1 is 1.23 bits per heavy atom. The van der Waals surface area contributed by atoms with Crippen LogP contribution in [-0.2, 0) is 10.0 Å². The minimum absolute atomic E-state index is 0.556. The summed E-state index contributed by atoms with van der Waals surface area (Å²) in [5.74, 6) is 2.19. The molecule has 1 fully saturated rings. The first-order chi connectivity index (χ1) is 10.4. The molecule has 4 nitrogen and oxygen atoms in total. The maximum atomic E-state index is 11.3. The molecule has 0 aromatic heterocycles. The van der Waals surface area contributed by atoms with Gasteiger partial charge in [0, 0.05) is 11.3 Å². The standard InChI is InChI=1S/C17H25NO3S/c1-13-4-6-14(7-5-13)8-9-15-12-16(18-22(3,19)20)10-11-17(15)21-2/h8-14,18H,4-7H2,1-3H3/b9-8+. The van der Waals surface area contributed by atoms with Crippen molar-refractivity contribution in [3.63, 3.8) is 0 Å². The van der Waals surface area contributed by atoms with Crippen LogP contribution in [0.15, 0.2) is 24.3 Å². The summed E-state index contributed by atoms with van der Waals surface area (Å²) < 4.78 is 30.5. The van der Waals surface area contributed by atoms with Gasteiger partial charge in [-0.05, 0) is 42.9 Å². The Kier molecular flexibility index (Phi) is 5.51. The summed E-state index contributed by atoms with van der Waals surface area (Å²) in [6.45, 7) is 2.31. The van der Waals surface area contributed by atoms with Crippen LogP contribution in [0.25, 0.3) is 6.08 Å². The Bertz CT molecular complexity index is 629. The predicted octanol–water partition coefficient (Wildman–Crippen LogP) is 3.91. The molecular formula is C17H25NO3S. The topological polar surface area (TPSA) is 55.4 Å². The van der Waals surface area contributed by atoms with E-state index in [9.17, 15) is 8.42 Å². The lowest BCUT2D eigenvalue weighted by atomic mass is 9.83. The smallest absolute Gasteiger partial charge is 0.229 e. The van der Waals surface area contributed by atoms with E-state index in [-0.39, 0.29) is 0 Å². The summed E-state index contributed by atoms with van der Waals surface area (Å²) in [5.41, 5.74) is 1.45. The molecule has 0 spiro atoms. The highest BCUT2D eigenvalue weighted by Gasteiger charge is 2.16. The van der Waals surface area contributed by atoms with Gasteiger partial charge in [-0.2, -0.15) is 0 Å². The Morgan fingerprint density at radius 2 is 1.91 bits per heavy atom. The lowest BCUT2D eigenvalue weighted by Gasteiger charge is -2.23. The van der Waals surface area contributed by atoms with Crippen molar-refractivity contribution in [2.24, 2.45) is 11.8 Å². The minimum Gasteiger partial charge on any atom is -0.496 e. The third-order valence-corrected chi connectivity index (χ3v) is 4.75. The summed E-state index contributed by atoms with van der Waals surface area (Å²) >= 11 is 0. The number of allylic oxidation sites excluding steroid dienone is 1. The quantitative estimate of drug-likeness (QED) is 0.894. The van der Waals surface area contributed by atoms with Crippen molar-refractivity contribution in [3.8, 4) is 5.75 Å². The Balaban J connectivity index is 2.15. The van der Waals surface area contributed by atoms with Crippen molar-refractivity contribution in [2.45, 2.75) is 32.6 Å². The van der Waals surface area contributed by atoms with Gasteiger partial charge in [0.2, 0.25) is 10.0 Å². The monoisotopic (exact) mass is 323 g/mol. The number of hydrogen-bond acceptors (Lipinski definition) is 3. The van der Waals surface area contributed by atoms with Gasteiger partial charge < -0.3 is 4.74 Å². The SMILES string of the molecule is COc1ccc(NS(C)(=O)=O)cc1/C=C/C1CCC(C)CC1. The first kappa shape index (κ1) is 16.9. The second-order valence-electron chi connectivity index (χ2n) is 6.21. The molecular weight excluding hydrogens is 298 g/mol. The van der Waals surface area contributed by atoms with Gasteiger partial charge in [0.25, 0.3) is 0 Å². The molecule has 122 valence electrons. The first-order valence-electron chi connectivity index (χ1n) is 7.71. The van der Waals surface area contributed by atoms with Crippen LogP contribution in [0.5, 0.6) is 5.75 Å². The normalized spacial score (nSPS) is 22.7. The predicted molar refractivity (Wildman–Crippen MR) is 91.6 cm³/mol. The van der Waals surface area contributed by atoms with Gasteiger partial charge in [0.05, 0.1) is 13.4 Å². The van der Waals surface area contributed by atoms with Crippen LogP contribution in [-0.4, -0.2) is 21.8 Å². The first-order valence-corrected chi connectivity index (χ1v) is 9.60. The molecule has 2 rings (SSSR count). The molecule has 0 saturated heterocycles. The molecule has 1 N–H and O–H groups in total. The number of hydrogen-bond donors (Lipinski definition) is 1. The van der Waals surface area contributed by atoms with Crippen molar-refractivity contribution in [2.75, 3.05) is 18.1 Å². The lowest BCUT2D eigenvalue weighted by molar-refractivity contribution is 0.331. The summed E-state index contributed by atoms with van der Waals surface area (Å²) in [4.78, 5) is 0. The molecule has 0 radical (unpaired) electrons. The third kappa shape index (κ3) is 5.05. The molecule has 0 amide bonds. The molecule has 1 aromatic carbocycles. The molecule has 1 aliphatic carbocycles. The average Bonchev–Trinajstić information content (AvgIpc) is 2.45. The maximum Gasteiger partial charge on any atom is 0.229 e. The molecule has 1 saturated carbocycles. The van der Waals surface area contributed by atoms with E-state index < -0.39 is 10.0 Å². The van der Waals surface area contributed by atoms with Gasteiger partial charge in [0.15, 0.2) is 0 Å². The summed E-state index contributed by atoms with van der Waals surface area (Å²) in [7, 11) is -1.65. The van der Waals surface area contributed by atoms with Crippen LogP contribution in [0.1, 0.15) is 38.2 Å². The number of anilines is 1. The van der Waals surface area contributed by atoms with Gasteiger partial charge in [0.1, 0.15) is 5.75 Å². The van der Waals surface area contributed by atoms with Gasteiger partial charge in [-0.3, -0.25) is 4.72 Å². The Hall–Kier alpha value is -1.49. The van der Waals surface area contributed by atoms with E-state index in [1.807, 2.05) is 12.1 Å². The molecule has 5 heteroatoms. The molecule has 1 aromatic rings. The van der Waals surface area contributed by atoms with E-state index in [2.05, 4.69) is 17.7 Å². The van der Waals surface area contributed by atoms with Crippen molar-refractivity contribution in [1.82, 2.24) is 0 Å². The van der Waals surface area contributed by atoms with Gasteiger partial charge >= 0.3 is 0 Å². The number of ether oxygens (including phenoxy) is 1. The van der Waals surface area contributed by atoms with Crippen LogP contribution in [0.4, 0.5) is 5.69 Å². The van der Waals surface area contributed by atoms with E-state index in [0.717, 1.165) is 23.5 Å². The highest BCUT2D eigenvalue weighted by Crippen LogP contribution is 2.31. The zero-order chi connectivity index (χ0) is 16.2. The number of sulfonamides is 1. The van der Waals surface area contributed by atoms with Gasteiger partial charge in [-0.1, -0.05) is 31.9 Å². The van der Waals surface area contributed by atoms with E-state index in [1.165, 1.54) is 25.7 Å². The van der Waals surface area contributed by atoms with Crippen molar-refractivity contribution in [1.29, 1.82) is 0 Å². The van der Waals surface area contributed by atoms with E-state index in [4.69, 9.17) is 4.74 Å². The second-order valence-corrected chi connectivity index (χ2v) is 7.96. The van der Waals surface area contributed by atoms with Gasteiger partial charge in [-0.15, -0.1) is 0 Å². The molecule has 22 heavy (non-hydrogen) atoms. The molecule has 0 bridgehead atoms. The number of nitrogens with one attached hydrogen (secondary N) is 1. The van der Waals surface area contributed by atoms with Crippen molar-refractivity contribution in [3.05, 3.63) is 29.8 Å². The molecule has 1 aliphatic rings. The molecule has 0 heterocycles. The van der Waals surface area contributed by atoms with Crippen LogP contribution in [0.3, 0.4) is 0 Å². The largest absolute Gasteiger partial charge is 0.496 e. The lowest BCUT2D eigenvalue weighted by Crippen LogP contribution is -2.10. The highest BCUT2D eigenvalue weighted by molar-refractivity contribution is 7.92. The second kappa shape index (κ2) is 7.18. The van der Waals surface area contributed by atoms with Crippen molar-refractivity contribution >= 4 is 21.8 Å². The minimum atomic E-state index is -3.27.